The van der Waals surface area contributed by atoms with Gasteiger partial charge in [0.05, 0.1) is 35.1 Å². The number of esters is 1. The van der Waals surface area contributed by atoms with Gasteiger partial charge in [0, 0.05) is 12.1 Å². The lowest BCUT2D eigenvalue weighted by molar-refractivity contribution is -0.394. The Labute approximate surface area is 204 Å². The van der Waals surface area contributed by atoms with E-state index in [1.807, 2.05) is 43.4 Å². The largest absolute Gasteiger partial charge is 0.454 e. The Kier molecular flexibility index (Phi) is 7.58. The second-order valence-electron chi connectivity index (χ2n) is 8.72. The van der Waals surface area contributed by atoms with Gasteiger partial charge in [-0.05, 0) is 23.7 Å². The third-order valence-electron chi connectivity index (χ3n) is 5.65. The molecule has 0 bridgehead atoms. The minimum atomic E-state index is -4.63. The first kappa shape index (κ1) is 26.5. The molecular formula is C24H21F3N2O6Si. The van der Waals surface area contributed by atoms with E-state index in [-0.39, 0.29) is 11.6 Å². The number of hydrogen-bond acceptors (Lipinski definition) is 6. The average molecular weight is 519 g/mol. The molecule has 0 spiro atoms. The van der Waals surface area contributed by atoms with Gasteiger partial charge in [-0.2, -0.15) is 13.2 Å². The number of carbonyl (C=O) groups is 1. The van der Waals surface area contributed by atoms with E-state index in [9.17, 15) is 38.2 Å². The maximum absolute atomic E-state index is 13.4. The third kappa shape index (κ3) is 6.33. The van der Waals surface area contributed by atoms with Crippen molar-refractivity contribution >= 4 is 30.6 Å². The minimum Gasteiger partial charge on any atom is -0.454 e. The second kappa shape index (κ2) is 10.3. The molecule has 0 heterocycles. The van der Waals surface area contributed by atoms with Gasteiger partial charge in [0.1, 0.15) is 6.10 Å². The molecule has 0 aliphatic heterocycles. The van der Waals surface area contributed by atoms with Crippen molar-refractivity contribution in [2.24, 2.45) is 0 Å². The summed E-state index contributed by atoms with van der Waals surface area (Å²) in [6, 6.07) is 16.2. The highest BCUT2D eigenvalue weighted by molar-refractivity contribution is 6.89. The van der Waals surface area contributed by atoms with Crippen molar-refractivity contribution in [2.75, 3.05) is 0 Å². The topological polar surface area (TPSA) is 113 Å². The summed E-state index contributed by atoms with van der Waals surface area (Å²) in [7, 11) is -2.39. The molecule has 0 amide bonds. The number of halogens is 3. The van der Waals surface area contributed by atoms with Gasteiger partial charge in [0.25, 0.3) is 11.4 Å². The monoisotopic (exact) mass is 518 g/mol. The molecule has 0 saturated heterocycles. The zero-order valence-corrected chi connectivity index (χ0v) is 20.2. The van der Waals surface area contributed by atoms with E-state index >= 15 is 0 Å². The van der Waals surface area contributed by atoms with E-state index in [0.717, 1.165) is 29.5 Å². The predicted octanol–water partition coefficient (Wildman–Crippen LogP) is 6.04. The third-order valence-corrected chi connectivity index (χ3v) is 8.93. The number of rotatable bonds is 8. The van der Waals surface area contributed by atoms with Gasteiger partial charge in [-0.3, -0.25) is 20.2 Å². The Morgan fingerprint density at radius 1 is 0.917 bits per heavy atom. The number of alkyl halides is 3. The first-order valence-electron chi connectivity index (χ1n) is 10.7. The highest BCUT2D eigenvalue weighted by Crippen LogP contribution is 2.35. The van der Waals surface area contributed by atoms with Crippen LogP contribution in [0.15, 0.2) is 72.8 Å². The number of nitro benzene ring substituents is 2. The Balaban J connectivity index is 2.04. The molecule has 0 radical (unpaired) electrons. The minimum absolute atomic E-state index is 0.0922. The molecule has 36 heavy (non-hydrogen) atoms. The van der Waals surface area contributed by atoms with Crippen LogP contribution in [0.2, 0.25) is 19.1 Å². The molecule has 188 valence electrons. The van der Waals surface area contributed by atoms with E-state index in [4.69, 9.17) is 4.74 Å². The summed E-state index contributed by atoms with van der Waals surface area (Å²) in [6.45, 7) is 3.93. The van der Waals surface area contributed by atoms with Gasteiger partial charge in [-0.1, -0.05) is 60.7 Å². The lowest BCUT2D eigenvalue weighted by atomic mass is 10.1. The molecule has 12 heteroatoms. The smallest absolute Gasteiger partial charge is 0.416 e. The Hall–Kier alpha value is -4.06. The maximum Gasteiger partial charge on any atom is 0.416 e. The fourth-order valence-electron chi connectivity index (χ4n) is 3.73. The van der Waals surface area contributed by atoms with Gasteiger partial charge in [0.15, 0.2) is 0 Å². The highest BCUT2D eigenvalue weighted by atomic mass is 28.3. The van der Waals surface area contributed by atoms with Crippen LogP contribution in [0.1, 0.15) is 27.6 Å². The summed E-state index contributed by atoms with van der Waals surface area (Å²) in [5.74, 6) is -1.12. The van der Waals surface area contributed by atoms with Crippen LogP contribution in [-0.4, -0.2) is 23.9 Å². The maximum atomic E-state index is 13.4. The molecular weight excluding hydrogens is 497 g/mol. The second-order valence-corrected chi connectivity index (χ2v) is 13.5. The molecule has 3 rings (SSSR count). The molecule has 0 aromatic heterocycles. The number of carbonyl (C=O) groups excluding carboxylic acids is 1. The lowest BCUT2D eigenvalue weighted by Gasteiger charge is -2.29. The summed E-state index contributed by atoms with van der Waals surface area (Å²) in [5.41, 5.74) is -2.66. The van der Waals surface area contributed by atoms with Crippen molar-refractivity contribution in [3.8, 4) is 0 Å². The van der Waals surface area contributed by atoms with Crippen molar-refractivity contribution in [3.05, 3.63) is 110 Å². The van der Waals surface area contributed by atoms with Crippen LogP contribution >= 0.6 is 0 Å². The first-order chi connectivity index (χ1) is 16.8. The number of nitrogens with zero attached hydrogens (tertiary/aromatic N) is 2. The van der Waals surface area contributed by atoms with E-state index < -0.39 is 58.7 Å². The zero-order chi connectivity index (χ0) is 26.7. The zero-order valence-electron chi connectivity index (χ0n) is 19.2. The Morgan fingerprint density at radius 3 is 2.03 bits per heavy atom. The summed E-state index contributed by atoms with van der Waals surface area (Å²) < 4.78 is 45.7. The summed E-state index contributed by atoms with van der Waals surface area (Å²) in [4.78, 5) is 33.6. The van der Waals surface area contributed by atoms with Gasteiger partial charge in [-0.25, -0.2) is 4.79 Å². The molecule has 1 atom stereocenters. The van der Waals surface area contributed by atoms with Gasteiger partial charge >= 0.3 is 12.1 Å². The fourth-order valence-corrected chi connectivity index (χ4v) is 6.31. The summed E-state index contributed by atoms with van der Waals surface area (Å²) in [5, 5.41) is 23.4. The number of hydrogen-bond donors (Lipinski definition) is 0. The van der Waals surface area contributed by atoms with Crippen LogP contribution in [0.5, 0.6) is 0 Å². The van der Waals surface area contributed by atoms with E-state index in [1.165, 1.54) is 12.1 Å². The molecule has 0 fully saturated rings. The molecule has 3 aromatic carbocycles. The van der Waals surface area contributed by atoms with Crippen molar-refractivity contribution in [2.45, 2.75) is 31.4 Å². The highest BCUT2D eigenvalue weighted by Gasteiger charge is 2.34. The number of benzene rings is 3. The quantitative estimate of drug-likeness (QED) is 0.156. The molecule has 0 saturated carbocycles. The van der Waals surface area contributed by atoms with E-state index in [0.29, 0.717) is 6.07 Å². The van der Waals surface area contributed by atoms with Crippen LogP contribution in [0.3, 0.4) is 0 Å². The molecule has 3 aromatic rings. The average Bonchev–Trinajstić information content (AvgIpc) is 2.83. The number of non-ortho nitro benzene ring substituents is 2. The molecule has 1 unspecified atom stereocenters. The van der Waals surface area contributed by atoms with Crippen molar-refractivity contribution < 1.29 is 32.5 Å². The van der Waals surface area contributed by atoms with Crippen LogP contribution in [-0.2, 0) is 10.9 Å². The van der Waals surface area contributed by atoms with E-state index in [1.54, 1.807) is 0 Å². The fraction of sp³-hybridized carbons (Fsp3) is 0.208. The van der Waals surface area contributed by atoms with Crippen LogP contribution in [0.4, 0.5) is 24.5 Å². The summed E-state index contributed by atoms with van der Waals surface area (Å²) in [6.07, 6.45) is -5.77. The SMILES string of the molecule is C[Si](C)(CC(OC(=O)c1cc([N+](=O)[O-])cc([N+](=O)[O-])c1)c1cccc(C(F)(F)F)c1)c1ccccc1. The standard InChI is InChI=1S/C24H21F3N2O6Si/c1-36(2,21-9-4-3-5-10-21)15-22(16-7-6-8-18(11-16)24(25,26)27)35-23(30)17-12-19(28(31)32)14-20(13-17)29(33)34/h3-14,22H,15H2,1-2H3. The van der Waals surface area contributed by atoms with Gasteiger partial charge in [-0.15, -0.1) is 0 Å². The van der Waals surface area contributed by atoms with Crippen molar-refractivity contribution in [1.82, 2.24) is 0 Å². The normalized spacial score (nSPS) is 12.6. The Bertz CT molecular complexity index is 1270. The van der Waals surface area contributed by atoms with Crippen LogP contribution in [0.25, 0.3) is 0 Å². The first-order valence-corrected chi connectivity index (χ1v) is 13.9. The van der Waals surface area contributed by atoms with Gasteiger partial charge < -0.3 is 4.74 Å². The van der Waals surface area contributed by atoms with Crippen LogP contribution in [0, 0.1) is 20.2 Å². The molecule has 0 N–H and O–H groups in total. The molecule has 0 aliphatic rings. The van der Waals surface area contributed by atoms with Crippen molar-refractivity contribution in [1.29, 1.82) is 0 Å². The number of ether oxygens (including phenoxy) is 1. The van der Waals surface area contributed by atoms with Crippen LogP contribution < -0.4 is 5.19 Å². The predicted molar refractivity (Wildman–Crippen MR) is 128 cm³/mol. The molecule has 8 nitrogen and oxygen atoms in total. The lowest BCUT2D eigenvalue weighted by Crippen LogP contribution is -2.43. The van der Waals surface area contributed by atoms with E-state index in [2.05, 4.69) is 0 Å². The number of nitro groups is 2. The van der Waals surface area contributed by atoms with Crippen molar-refractivity contribution in [3.63, 3.8) is 0 Å². The van der Waals surface area contributed by atoms with Gasteiger partial charge in [0.2, 0.25) is 0 Å². The Morgan fingerprint density at radius 2 is 1.50 bits per heavy atom. The summed E-state index contributed by atoms with van der Waals surface area (Å²) >= 11 is 0. The molecule has 0 aliphatic carbocycles.